The number of halogens is 3. The molecule has 0 unspecified atom stereocenters. The lowest BCUT2D eigenvalue weighted by Crippen LogP contribution is -2.04. The summed E-state index contributed by atoms with van der Waals surface area (Å²) < 4.78 is 38.9. The second-order valence-electron chi connectivity index (χ2n) is 5.06. The minimum Gasteiger partial charge on any atom is -0.508 e. The Kier molecular flexibility index (Phi) is 4.14. The van der Waals surface area contributed by atoms with Crippen molar-refractivity contribution in [3.05, 3.63) is 64.4 Å². The van der Waals surface area contributed by atoms with Gasteiger partial charge in [-0.25, -0.2) is 0 Å². The quantitative estimate of drug-likeness (QED) is 0.608. The normalized spacial score (nSPS) is 12.0. The zero-order chi connectivity index (χ0) is 18.0. The molecular weight excluding hydrogens is 337 g/mol. The van der Waals surface area contributed by atoms with Crippen LogP contribution < -0.4 is 5.56 Å². The summed E-state index contributed by atoms with van der Waals surface area (Å²) >= 11 is 0. The summed E-state index contributed by atoms with van der Waals surface area (Å²) in [6, 6.07) is 10.5. The van der Waals surface area contributed by atoms with Gasteiger partial charge in [0.1, 0.15) is 5.75 Å². The molecule has 128 valence electrons. The Morgan fingerprint density at radius 3 is 2.28 bits per heavy atom. The predicted octanol–water partition coefficient (Wildman–Crippen LogP) is 4.51. The Morgan fingerprint density at radius 1 is 0.920 bits per heavy atom. The summed E-state index contributed by atoms with van der Waals surface area (Å²) in [5, 5.41) is 21.5. The molecule has 0 fully saturated rings. The lowest BCUT2D eigenvalue weighted by atomic mass is 10.1. The zero-order valence-corrected chi connectivity index (χ0v) is 12.5. The summed E-state index contributed by atoms with van der Waals surface area (Å²) in [7, 11) is 0. The van der Waals surface area contributed by atoms with E-state index < -0.39 is 23.0 Å². The Balaban J connectivity index is 2.03. The second kappa shape index (κ2) is 6.27. The number of alkyl halides is 3. The third-order valence-corrected chi connectivity index (χ3v) is 3.38. The van der Waals surface area contributed by atoms with Crippen molar-refractivity contribution in [3.8, 4) is 17.0 Å². The molecule has 0 saturated carbocycles. The number of hydrogen-bond acceptors (Lipinski definition) is 4. The maximum Gasteiger partial charge on any atom is 0.418 e. The first-order valence-corrected chi connectivity index (χ1v) is 7.04. The van der Waals surface area contributed by atoms with Gasteiger partial charge < -0.3 is 5.11 Å². The van der Waals surface area contributed by atoms with E-state index in [9.17, 15) is 23.1 Å². The molecule has 0 spiro atoms. The van der Waals surface area contributed by atoms with Crippen LogP contribution in [0.4, 0.5) is 24.5 Å². The molecular formula is C16H11F3N4O2. The lowest BCUT2D eigenvalue weighted by molar-refractivity contribution is -0.137. The number of rotatable bonds is 3. The molecule has 0 aliphatic carbocycles. The average molecular weight is 348 g/mol. The van der Waals surface area contributed by atoms with Crippen molar-refractivity contribution in [2.45, 2.75) is 6.18 Å². The van der Waals surface area contributed by atoms with Gasteiger partial charge in [-0.1, -0.05) is 12.1 Å². The van der Waals surface area contributed by atoms with E-state index in [1.54, 1.807) is 0 Å². The molecule has 0 bridgehead atoms. The smallest absolute Gasteiger partial charge is 0.418 e. The number of H-pyrrole nitrogens is 2. The first-order chi connectivity index (χ1) is 11.9. The molecule has 1 aromatic heterocycles. The first kappa shape index (κ1) is 16.5. The number of nitrogens with one attached hydrogen (secondary N) is 2. The van der Waals surface area contributed by atoms with E-state index in [-0.39, 0.29) is 17.1 Å². The molecule has 6 nitrogen and oxygen atoms in total. The van der Waals surface area contributed by atoms with E-state index >= 15 is 0 Å². The number of benzene rings is 2. The lowest BCUT2D eigenvalue weighted by Gasteiger charge is -2.08. The highest BCUT2D eigenvalue weighted by Crippen LogP contribution is 2.37. The molecule has 2 aromatic carbocycles. The highest BCUT2D eigenvalue weighted by atomic mass is 19.4. The van der Waals surface area contributed by atoms with Crippen LogP contribution in [0.1, 0.15) is 5.56 Å². The van der Waals surface area contributed by atoms with Crippen molar-refractivity contribution >= 4 is 11.4 Å². The summed E-state index contributed by atoms with van der Waals surface area (Å²) in [5.41, 5.74) is -1.38. The molecule has 0 atom stereocenters. The van der Waals surface area contributed by atoms with Crippen molar-refractivity contribution in [1.29, 1.82) is 0 Å². The molecule has 0 aliphatic rings. The third-order valence-electron chi connectivity index (χ3n) is 3.38. The molecule has 0 saturated heterocycles. The highest BCUT2D eigenvalue weighted by molar-refractivity contribution is 5.71. The second-order valence-corrected chi connectivity index (χ2v) is 5.06. The maximum absolute atomic E-state index is 13.0. The molecule has 1 heterocycles. The number of phenolic OH excluding ortho intramolecular Hbond substituents is 1. The highest BCUT2D eigenvalue weighted by Gasteiger charge is 2.33. The van der Waals surface area contributed by atoms with Crippen molar-refractivity contribution in [3.63, 3.8) is 0 Å². The van der Waals surface area contributed by atoms with Gasteiger partial charge in [-0.15, -0.1) is 10.2 Å². The van der Waals surface area contributed by atoms with Crippen molar-refractivity contribution in [2.75, 3.05) is 0 Å². The van der Waals surface area contributed by atoms with Gasteiger partial charge in [0.2, 0.25) is 0 Å². The molecule has 3 rings (SSSR count). The Morgan fingerprint density at radius 2 is 1.60 bits per heavy atom. The van der Waals surface area contributed by atoms with Gasteiger partial charge in [0.25, 0.3) is 5.56 Å². The van der Waals surface area contributed by atoms with E-state index in [0.717, 1.165) is 12.1 Å². The monoisotopic (exact) mass is 348 g/mol. The summed E-state index contributed by atoms with van der Waals surface area (Å²) in [6.45, 7) is 0. The van der Waals surface area contributed by atoms with E-state index in [4.69, 9.17) is 0 Å². The van der Waals surface area contributed by atoms with Crippen molar-refractivity contribution in [2.24, 2.45) is 10.2 Å². The van der Waals surface area contributed by atoms with E-state index in [1.165, 1.54) is 36.4 Å². The number of aromatic amines is 2. The van der Waals surface area contributed by atoms with Crippen LogP contribution in [0, 0.1) is 0 Å². The van der Waals surface area contributed by atoms with Gasteiger partial charge in [-0.3, -0.25) is 15.0 Å². The third kappa shape index (κ3) is 3.44. The van der Waals surface area contributed by atoms with Gasteiger partial charge in [-0.05, 0) is 36.4 Å². The largest absolute Gasteiger partial charge is 0.508 e. The van der Waals surface area contributed by atoms with Gasteiger partial charge >= 0.3 is 6.18 Å². The van der Waals surface area contributed by atoms with E-state index in [2.05, 4.69) is 20.4 Å². The molecule has 3 aromatic rings. The summed E-state index contributed by atoms with van der Waals surface area (Å²) in [5.74, 6) is 0.0314. The summed E-state index contributed by atoms with van der Waals surface area (Å²) in [6.07, 6.45) is -4.58. The number of phenols is 1. The number of aromatic nitrogens is 2. The maximum atomic E-state index is 13.0. The summed E-state index contributed by atoms with van der Waals surface area (Å²) in [4.78, 5) is 11.9. The van der Waals surface area contributed by atoms with Gasteiger partial charge in [0, 0.05) is 5.56 Å². The van der Waals surface area contributed by atoms with Crippen LogP contribution in [0.3, 0.4) is 0 Å². The molecule has 0 aliphatic heterocycles. The molecule has 25 heavy (non-hydrogen) atoms. The van der Waals surface area contributed by atoms with Gasteiger partial charge in [0.15, 0.2) is 5.69 Å². The fraction of sp³-hybridized carbons (Fsp3) is 0.0625. The molecule has 3 N–H and O–H groups in total. The van der Waals surface area contributed by atoms with Crippen LogP contribution in [0.15, 0.2) is 63.6 Å². The van der Waals surface area contributed by atoms with E-state index in [1.807, 2.05) is 0 Å². The Labute approximate surface area is 138 Å². The number of aromatic hydroxyl groups is 1. The average Bonchev–Trinajstić information content (AvgIpc) is 2.94. The van der Waals surface area contributed by atoms with E-state index in [0.29, 0.717) is 5.56 Å². The number of hydrogen-bond donors (Lipinski definition) is 3. The first-order valence-electron chi connectivity index (χ1n) is 7.04. The van der Waals surface area contributed by atoms with Crippen LogP contribution in [-0.2, 0) is 6.18 Å². The Bertz CT molecular complexity index is 972. The molecule has 0 amide bonds. The number of nitrogens with zero attached hydrogens (tertiary/aromatic N) is 2. The Hall–Kier alpha value is -3.36. The van der Waals surface area contributed by atoms with Crippen molar-refractivity contribution in [1.82, 2.24) is 10.2 Å². The fourth-order valence-electron chi connectivity index (χ4n) is 2.19. The van der Waals surface area contributed by atoms with Crippen LogP contribution in [-0.4, -0.2) is 15.3 Å². The van der Waals surface area contributed by atoms with Crippen LogP contribution in [0.25, 0.3) is 11.3 Å². The van der Waals surface area contributed by atoms with Crippen LogP contribution >= 0.6 is 0 Å². The SMILES string of the molecule is O=c1[nH][nH]c(-c2ccc(O)cc2)c1N=Nc1ccccc1C(F)(F)F. The van der Waals surface area contributed by atoms with Gasteiger partial charge in [0.05, 0.1) is 16.9 Å². The molecule has 9 heteroatoms. The number of azo groups is 1. The minimum atomic E-state index is -4.58. The fourth-order valence-corrected chi connectivity index (χ4v) is 2.19. The van der Waals surface area contributed by atoms with Gasteiger partial charge in [-0.2, -0.15) is 13.2 Å². The topological polar surface area (TPSA) is 93.6 Å². The van der Waals surface area contributed by atoms with Crippen LogP contribution in [0.2, 0.25) is 0 Å². The standard InChI is InChI=1S/C16H11F3N4O2/c17-16(18,19)11-3-1-2-4-12(11)20-22-14-13(21-23-15(14)25)9-5-7-10(24)8-6-9/h1-8,24H,(H2,21,23,25). The predicted molar refractivity (Wildman–Crippen MR) is 84.1 cm³/mol. The van der Waals surface area contributed by atoms with Crippen molar-refractivity contribution < 1.29 is 18.3 Å². The van der Waals surface area contributed by atoms with Crippen LogP contribution in [0.5, 0.6) is 5.75 Å². The minimum absolute atomic E-state index is 0.0314. The zero-order valence-electron chi connectivity index (χ0n) is 12.5. The molecule has 0 radical (unpaired) electrons.